The Morgan fingerprint density at radius 2 is 2.33 bits per heavy atom. The van der Waals surface area contributed by atoms with Gasteiger partial charge in [0.25, 0.3) is 0 Å². The minimum Gasteiger partial charge on any atom is -0.345 e. The summed E-state index contributed by atoms with van der Waals surface area (Å²) in [5, 5.41) is 0. The number of amides is 1. The van der Waals surface area contributed by atoms with Gasteiger partial charge in [0, 0.05) is 31.7 Å². The van der Waals surface area contributed by atoms with Gasteiger partial charge in [-0.3, -0.25) is 9.59 Å². The van der Waals surface area contributed by atoms with E-state index in [0.717, 1.165) is 25.7 Å². The molecule has 4 heteroatoms. The van der Waals surface area contributed by atoms with Crippen LogP contribution in [0.2, 0.25) is 0 Å². The molecule has 1 amide bonds. The molecule has 1 atom stereocenters. The van der Waals surface area contributed by atoms with Crippen molar-refractivity contribution >= 4 is 12.2 Å². The Morgan fingerprint density at radius 1 is 1.50 bits per heavy atom. The monoisotopic (exact) mass is 248 g/mol. The van der Waals surface area contributed by atoms with Crippen LogP contribution in [0.4, 0.5) is 0 Å². The molecule has 4 nitrogen and oxygen atoms in total. The van der Waals surface area contributed by atoms with Gasteiger partial charge >= 0.3 is 0 Å². The molecule has 1 aromatic rings. The van der Waals surface area contributed by atoms with Crippen LogP contribution in [0.15, 0.2) is 18.3 Å². The number of carbonyl (C=O) groups excluding carboxylic acids is 2. The van der Waals surface area contributed by atoms with E-state index in [9.17, 15) is 9.59 Å². The molecule has 0 bridgehead atoms. The Morgan fingerprint density at radius 3 is 3.06 bits per heavy atom. The number of aldehydes is 1. The lowest BCUT2D eigenvalue weighted by Gasteiger charge is -2.33. The maximum atomic E-state index is 12.1. The van der Waals surface area contributed by atoms with E-state index in [-0.39, 0.29) is 5.91 Å². The molecule has 0 aromatic carbocycles. The van der Waals surface area contributed by atoms with Crippen molar-refractivity contribution in [3.63, 3.8) is 0 Å². The zero-order valence-electron chi connectivity index (χ0n) is 10.8. The van der Waals surface area contributed by atoms with Gasteiger partial charge in [0.1, 0.15) is 0 Å². The van der Waals surface area contributed by atoms with Crippen molar-refractivity contribution in [2.24, 2.45) is 0 Å². The van der Waals surface area contributed by atoms with Gasteiger partial charge in [0.05, 0.1) is 5.69 Å². The number of nitrogens with zero attached hydrogens (tertiary/aromatic N) is 2. The van der Waals surface area contributed by atoms with Crippen molar-refractivity contribution in [3.05, 3.63) is 24.0 Å². The molecule has 2 rings (SSSR count). The SMILES string of the molecule is CC1CCCCN1C(=O)CCn1cccc1C=O. The lowest BCUT2D eigenvalue weighted by molar-refractivity contribution is -0.134. The molecule has 0 N–H and O–H groups in total. The highest BCUT2D eigenvalue weighted by Crippen LogP contribution is 2.17. The minimum absolute atomic E-state index is 0.202. The number of aryl methyl sites for hydroxylation is 1. The summed E-state index contributed by atoms with van der Waals surface area (Å²) in [6.45, 7) is 3.58. The maximum Gasteiger partial charge on any atom is 0.224 e. The predicted molar refractivity (Wildman–Crippen MR) is 69.5 cm³/mol. The van der Waals surface area contributed by atoms with E-state index in [1.807, 2.05) is 21.7 Å². The average molecular weight is 248 g/mol. The molecule has 0 radical (unpaired) electrons. The smallest absolute Gasteiger partial charge is 0.224 e. The second-order valence-electron chi connectivity index (χ2n) is 4.93. The van der Waals surface area contributed by atoms with Gasteiger partial charge in [-0.05, 0) is 38.3 Å². The highest BCUT2D eigenvalue weighted by Gasteiger charge is 2.22. The molecule has 18 heavy (non-hydrogen) atoms. The topological polar surface area (TPSA) is 42.3 Å². The predicted octanol–water partition coefficient (Wildman–Crippen LogP) is 2.09. The van der Waals surface area contributed by atoms with Crippen LogP contribution in [0.3, 0.4) is 0 Å². The van der Waals surface area contributed by atoms with Crippen LogP contribution in [0, 0.1) is 0 Å². The van der Waals surface area contributed by atoms with Crippen molar-refractivity contribution < 1.29 is 9.59 Å². The van der Waals surface area contributed by atoms with Crippen molar-refractivity contribution in [2.45, 2.75) is 45.2 Å². The Kier molecular flexibility index (Phi) is 4.18. The molecule has 1 fully saturated rings. The van der Waals surface area contributed by atoms with E-state index < -0.39 is 0 Å². The largest absolute Gasteiger partial charge is 0.345 e. The van der Waals surface area contributed by atoms with Crippen molar-refractivity contribution in [1.29, 1.82) is 0 Å². The number of hydrogen-bond donors (Lipinski definition) is 0. The third kappa shape index (κ3) is 2.81. The van der Waals surface area contributed by atoms with Crippen molar-refractivity contribution in [3.8, 4) is 0 Å². The Labute approximate surface area is 108 Å². The molecule has 0 aliphatic carbocycles. The molecule has 98 valence electrons. The summed E-state index contributed by atoms with van der Waals surface area (Å²) in [4.78, 5) is 24.9. The summed E-state index contributed by atoms with van der Waals surface area (Å²) >= 11 is 0. The van der Waals surface area contributed by atoms with Crippen LogP contribution in [0.25, 0.3) is 0 Å². The lowest BCUT2D eigenvalue weighted by Crippen LogP contribution is -2.42. The van der Waals surface area contributed by atoms with E-state index in [2.05, 4.69) is 6.92 Å². The van der Waals surface area contributed by atoms with Gasteiger partial charge in [-0.25, -0.2) is 0 Å². The number of carbonyl (C=O) groups is 2. The van der Waals surface area contributed by atoms with E-state index in [0.29, 0.717) is 24.7 Å². The second kappa shape index (κ2) is 5.85. The van der Waals surface area contributed by atoms with Crippen molar-refractivity contribution in [1.82, 2.24) is 9.47 Å². The molecule has 1 saturated heterocycles. The quantitative estimate of drug-likeness (QED) is 0.766. The van der Waals surface area contributed by atoms with Crippen LogP contribution >= 0.6 is 0 Å². The van der Waals surface area contributed by atoms with E-state index in [1.54, 1.807) is 6.07 Å². The van der Waals surface area contributed by atoms with Gasteiger partial charge in [-0.15, -0.1) is 0 Å². The molecular weight excluding hydrogens is 228 g/mol. The molecule has 1 aliphatic rings. The van der Waals surface area contributed by atoms with Crippen molar-refractivity contribution in [2.75, 3.05) is 6.54 Å². The molecule has 0 saturated carbocycles. The zero-order chi connectivity index (χ0) is 13.0. The second-order valence-corrected chi connectivity index (χ2v) is 4.93. The van der Waals surface area contributed by atoms with Crippen LogP contribution < -0.4 is 0 Å². The summed E-state index contributed by atoms with van der Waals surface area (Å²) in [6, 6.07) is 3.96. The molecule has 2 heterocycles. The molecule has 1 unspecified atom stereocenters. The standard InChI is InChI=1S/C14H20N2O2/c1-12-5-2-3-9-16(12)14(18)7-10-15-8-4-6-13(15)11-17/h4,6,8,11-12H,2-3,5,7,9-10H2,1H3. The maximum absolute atomic E-state index is 12.1. The van der Waals surface area contributed by atoms with Crippen LogP contribution in [-0.2, 0) is 11.3 Å². The highest BCUT2D eigenvalue weighted by molar-refractivity contribution is 5.77. The normalized spacial score (nSPS) is 19.8. The Hall–Kier alpha value is -1.58. The molecule has 0 spiro atoms. The lowest BCUT2D eigenvalue weighted by atomic mass is 10.0. The fourth-order valence-corrected chi connectivity index (χ4v) is 2.57. The summed E-state index contributed by atoms with van der Waals surface area (Å²) < 4.78 is 1.83. The average Bonchev–Trinajstić information content (AvgIpc) is 2.84. The Bertz CT molecular complexity index is 425. The summed E-state index contributed by atoms with van der Waals surface area (Å²) in [5.74, 6) is 0.202. The van der Waals surface area contributed by atoms with E-state index in [1.165, 1.54) is 6.42 Å². The van der Waals surface area contributed by atoms with Gasteiger partial charge in [-0.1, -0.05) is 0 Å². The third-order valence-electron chi connectivity index (χ3n) is 3.68. The summed E-state index contributed by atoms with van der Waals surface area (Å²) in [7, 11) is 0. The number of rotatable bonds is 4. The third-order valence-corrected chi connectivity index (χ3v) is 3.68. The van der Waals surface area contributed by atoms with Gasteiger partial charge in [0.2, 0.25) is 5.91 Å². The van der Waals surface area contributed by atoms with Gasteiger partial charge in [-0.2, -0.15) is 0 Å². The number of hydrogen-bond acceptors (Lipinski definition) is 2. The summed E-state index contributed by atoms with van der Waals surface area (Å²) in [6.07, 6.45) is 6.58. The molecular formula is C14H20N2O2. The molecule has 1 aromatic heterocycles. The van der Waals surface area contributed by atoms with Gasteiger partial charge in [0.15, 0.2) is 6.29 Å². The summed E-state index contributed by atoms with van der Waals surface area (Å²) in [5.41, 5.74) is 0.634. The number of likely N-dealkylation sites (tertiary alicyclic amines) is 1. The van der Waals surface area contributed by atoms with Crippen LogP contribution in [-0.4, -0.2) is 34.2 Å². The number of aromatic nitrogens is 1. The first-order valence-electron chi connectivity index (χ1n) is 6.62. The van der Waals surface area contributed by atoms with E-state index >= 15 is 0 Å². The first-order chi connectivity index (χ1) is 8.72. The Balaban J connectivity index is 1.89. The minimum atomic E-state index is 0.202. The highest BCUT2D eigenvalue weighted by atomic mass is 16.2. The fourth-order valence-electron chi connectivity index (χ4n) is 2.57. The zero-order valence-corrected chi connectivity index (χ0v) is 10.8. The molecule has 1 aliphatic heterocycles. The first kappa shape index (κ1) is 12.9. The first-order valence-corrected chi connectivity index (χ1v) is 6.62. The van der Waals surface area contributed by atoms with Crippen LogP contribution in [0.5, 0.6) is 0 Å². The number of piperidine rings is 1. The van der Waals surface area contributed by atoms with Crippen LogP contribution in [0.1, 0.15) is 43.1 Å². The van der Waals surface area contributed by atoms with E-state index in [4.69, 9.17) is 0 Å². The van der Waals surface area contributed by atoms with Gasteiger partial charge < -0.3 is 9.47 Å². The fraction of sp³-hybridized carbons (Fsp3) is 0.571.